The van der Waals surface area contributed by atoms with Gasteiger partial charge in [-0.05, 0) is 24.6 Å². The molecule has 1 aromatic carbocycles. The molecule has 1 N–H and O–H groups in total. The number of hydrogen-bond acceptors (Lipinski definition) is 4. The van der Waals surface area contributed by atoms with Crippen molar-refractivity contribution in [2.24, 2.45) is 0 Å². The Hall–Kier alpha value is -1.14. The number of β-amino-alcohol motifs (C(OH)–C–C–N with tert-alkyl or cyclic N) is 1. The van der Waals surface area contributed by atoms with Crippen molar-refractivity contribution in [3.8, 4) is 0 Å². The number of hydrogen-bond donors (Lipinski definition) is 1. The first kappa shape index (κ1) is 17.2. The maximum atomic E-state index is 12.2. The first-order valence-electron chi connectivity index (χ1n) is 7.59. The lowest BCUT2D eigenvalue weighted by Crippen LogP contribution is -2.51. The molecule has 0 aliphatic carbocycles. The molecular formula is C16H23ClN2O3. The molecule has 0 spiro atoms. The number of piperazine rings is 1. The minimum absolute atomic E-state index is 0.0878. The van der Waals surface area contributed by atoms with E-state index in [9.17, 15) is 9.90 Å². The van der Waals surface area contributed by atoms with Gasteiger partial charge in [0.25, 0.3) is 0 Å². The second-order valence-corrected chi connectivity index (χ2v) is 5.93. The Kier molecular flexibility index (Phi) is 6.64. The largest absolute Gasteiger partial charge is 0.389 e. The Morgan fingerprint density at radius 3 is 2.68 bits per heavy atom. The van der Waals surface area contributed by atoms with E-state index in [0.29, 0.717) is 44.4 Å². The lowest BCUT2D eigenvalue weighted by Gasteiger charge is -2.35. The molecule has 1 atom stereocenters. The molecule has 1 heterocycles. The van der Waals surface area contributed by atoms with Gasteiger partial charge in [-0.1, -0.05) is 23.7 Å². The Labute approximate surface area is 136 Å². The molecule has 1 aromatic rings. The number of aliphatic hydroxyl groups is 1. The SMILES string of the molecule is CCOC[C@@H](O)CN1CCN(Cc2ccc(Cl)cc2)C(=O)C1. The van der Waals surface area contributed by atoms with Crippen LogP contribution in [-0.2, 0) is 16.1 Å². The van der Waals surface area contributed by atoms with Crippen LogP contribution in [0.4, 0.5) is 0 Å². The van der Waals surface area contributed by atoms with Crippen LogP contribution in [-0.4, -0.2) is 66.3 Å². The van der Waals surface area contributed by atoms with E-state index in [1.54, 1.807) is 0 Å². The number of halogens is 1. The zero-order valence-electron chi connectivity index (χ0n) is 12.9. The van der Waals surface area contributed by atoms with E-state index in [-0.39, 0.29) is 5.91 Å². The smallest absolute Gasteiger partial charge is 0.237 e. The van der Waals surface area contributed by atoms with Crippen LogP contribution in [0.5, 0.6) is 0 Å². The molecule has 0 unspecified atom stereocenters. The average molecular weight is 327 g/mol. The highest BCUT2D eigenvalue weighted by molar-refractivity contribution is 6.30. The summed E-state index contributed by atoms with van der Waals surface area (Å²) in [4.78, 5) is 16.0. The second kappa shape index (κ2) is 8.48. The van der Waals surface area contributed by atoms with E-state index < -0.39 is 6.10 Å². The van der Waals surface area contributed by atoms with E-state index >= 15 is 0 Å². The molecule has 22 heavy (non-hydrogen) atoms. The van der Waals surface area contributed by atoms with Crippen LogP contribution < -0.4 is 0 Å². The van der Waals surface area contributed by atoms with E-state index in [2.05, 4.69) is 0 Å². The van der Waals surface area contributed by atoms with Crippen LogP contribution in [0.25, 0.3) is 0 Å². The number of carbonyl (C=O) groups excluding carboxylic acids is 1. The van der Waals surface area contributed by atoms with Crippen molar-refractivity contribution in [1.82, 2.24) is 9.80 Å². The van der Waals surface area contributed by atoms with Gasteiger partial charge in [-0.25, -0.2) is 0 Å². The molecule has 1 aliphatic rings. The number of benzene rings is 1. The maximum Gasteiger partial charge on any atom is 0.237 e. The summed E-state index contributed by atoms with van der Waals surface area (Å²) < 4.78 is 5.19. The van der Waals surface area contributed by atoms with Crippen LogP contribution >= 0.6 is 11.6 Å². The van der Waals surface area contributed by atoms with Crippen molar-refractivity contribution in [2.45, 2.75) is 19.6 Å². The zero-order valence-corrected chi connectivity index (χ0v) is 13.6. The third-order valence-corrected chi connectivity index (χ3v) is 3.92. The highest BCUT2D eigenvalue weighted by Crippen LogP contribution is 2.13. The molecule has 0 saturated carbocycles. The fourth-order valence-electron chi connectivity index (χ4n) is 2.50. The monoisotopic (exact) mass is 326 g/mol. The summed E-state index contributed by atoms with van der Waals surface area (Å²) in [6, 6.07) is 7.55. The lowest BCUT2D eigenvalue weighted by molar-refractivity contribution is -0.137. The van der Waals surface area contributed by atoms with E-state index in [1.807, 2.05) is 41.0 Å². The summed E-state index contributed by atoms with van der Waals surface area (Å²) in [5.74, 6) is 0.0878. The van der Waals surface area contributed by atoms with Crippen molar-refractivity contribution in [1.29, 1.82) is 0 Å². The van der Waals surface area contributed by atoms with Gasteiger partial charge in [0, 0.05) is 37.8 Å². The number of rotatable bonds is 7. The number of nitrogens with zero attached hydrogens (tertiary/aromatic N) is 2. The van der Waals surface area contributed by atoms with Gasteiger partial charge < -0.3 is 14.7 Å². The zero-order chi connectivity index (χ0) is 15.9. The normalized spacial score (nSPS) is 17.8. The lowest BCUT2D eigenvalue weighted by atomic mass is 10.2. The highest BCUT2D eigenvalue weighted by Gasteiger charge is 2.25. The van der Waals surface area contributed by atoms with Gasteiger partial charge in [0.15, 0.2) is 0 Å². The molecular weight excluding hydrogens is 304 g/mol. The Morgan fingerprint density at radius 2 is 2.05 bits per heavy atom. The van der Waals surface area contributed by atoms with Crippen LogP contribution in [0, 0.1) is 0 Å². The van der Waals surface area contributed by atoms with Gasteiger partial charge in [-0.2, -0.15) is 0 Å². The standard InChI is InChI=1S/C16H23ClN2O3/c1-2-22-12-15(20)10-18-7-8-19(16(21)11-18)9-13-3-5-14(17)6-4-13/h3-6,15,20H,2,7-12H2,1H3/t15-/m0/s1. The summed E-state index contributed by atoms with van der Waals surface area (Å²) in [6.07, 6.45) is -0.546. The van der Waals surface area contributed by atoms with Crippen molar-refractivity contribution in [3.05, 3.63) is 34.9 Å². The molecule has 1 amide bonds. The Bertz CT molecular complexity index is 481. The highest BCUT2D eigenvalue weighted by atomic mass is 35.5. The van der Waals surface area contributed by atoms with Crippen LogP contribution in [0.2, 0.25) is 5.02 Å². The van der Waals surface area contributed by atoms with Gasteiger partial charge in [0.1, 0.15) is 0 Å². The summed E-state index contributed by atoms with van der Waals surface area (Å²) >= 11 is 5.87. The Morgan fingerprint density at radius 1 is 1.32 bits per heavy atom. The molecule has 1 fully saturated rings. The topological polar surface area (TPSA) is 53.0 Å². The maximum absolute atomic E-state index is 12.2. The van der Waals surface area contributed by atoms with Crippen LogP contribution in [0.3, 0.4) is 0 Å². The van der Waals surface area contributed by atoms with E-state index in [1.165, 1.54) is 0 Å². The van der Waals surface area contributed by atoms with Gasteiger partial charge in [0.2, 0.25) is 5.91 Å². The quantitative estimate of drug-likeness (QED) is 0.822. The molecule has 122 valence electrons. The third kappa shape index (κ3) is 5.25. The molecule has 1 saturated heterocycles. The van der Waals surface area contributed by atoms with E-state index in [4.69, 9.17) is 16.3 Å². The molecule has 0 aromatic heterocycles. The molecule has 1 aliphatic heterocycles. The summed E-state index contributed by atoms with van der Waals surface area (Å²) in [5, 5.41) is 10.5. The van der Waals surface area contributed by atoms with Crippen LogP contribution in [0.15, 0.2) is 24.3 Å². The number of ether oxygens (including phenoxy) is 1. The average Bonchev–Trinajstić information content (AvgIpc) is 2.50. The fourth-order valence-corrected chi connectivity index (χ4v) is 2.62. The second-order valence-electron chi connectivity index (χ2n) is 5.49. The summed E-state index contributed by atoms with van der Waals surface area (Å²) in [7, 11) is 0. The van der Waals surface area contributed by atoms with Crippen molar-refractivity contribution in [2.75, 3.05) is 39.4 Å². The third-order valence-electron chi connectivity index (χ3n) is 3.67. The minimum Gasteiger partial charge on any atom is -0.389 e. The first-order valence-corrected chi connectivity index (χ1v) is 7.96. The van der Waals surface area contributed by atoms with Crippen molar-refractivity contribution < 1.29 is 14.6 Å². The van der Waals surface area contributed by atoms with Crippen molar-refractivity contribution in [3.63, 3.8) is 0 Å². The minimum atomic E-state index is -0.546. The summed E-state index contributed by atoms with van der Waals surface area (Å²) in [5.41, 5.74) is 1.07. The van der Waals surface area contributed by atoms with Crippen molar-refractivity contribution >= 4 is 17.5 Å². The molecule has 0 radical (unpaired) electrons. The van der Waals surface area contributed by atoms with Gasteiger partial charge >= 0.3 is 0 Å². The number of aliphatic hydroxyl groups excluding tert-OH is 1. The fraction of sp³-hybridized carbons (Fsp3) is 0.562. The Balaban J connectivity index is 1.80. The predicted molar refractivity (Wildman–Crippen MR) is 85.8 cm³/mol. The van der Waals surface area contributed by atoms with E-state index in [0.717, 1.165) is 12.1 Å². The van der Waals surface area contributed by atoms with Crippen LogP contribution in [0.1, 0.15) is 12.5 Å². The van der Waals surface area contributed by atoms with Gasteiger partial charge in [0.05, 0.1) is 19.3 Å². The first-order chi connectivity index (χ1) is 10.6. The number of carbonyl (C=O) groups is 1. The number of amides is 1. The molecule has 6 heteroatoms. The van der Waals surface area contributed by atoms with Gasteiger partial charge in [-0.15, -0.1) is 0 Å². The molecule has 0 bridgehead atoms. The predicted octanol–water partition coefficient (Wildman–Crippen LogP) is 1.38. The molecule has 5 nitrogen and oxygen atoms in total. The summed E-state index contributed by atoms with van der Waals surface area (Å²) in [6.45, 7) is 5.65. The van der Waals surface area contributed by atoms with Gasteiger partial charge in [-0.3, -0.25) is 9.69 Å². The molecule has 2 rings (SSSR count).